The second-order valence-corrected chi connectivity index (χ2v) is 5.62. The molecule has 1 amide bonds. The fourth-order valence-electron chi connectivity index (χ4n) is 2.72. The topological polar surface area (TPSA) is 73.0 Å². The minimum atomic E-state index is -0.0525. The predicted octanol–water partition coefficient (Wildman–Crippen LogP) is 0.526. The lowest BCUT2D eigenvalue weighted by Gasteiger charge is -2.15. The summed E-state index contributed by atoms with van der Waals surface area (Å²) in [7, 11) is 1.71. The molecule has 0 aromatic carbocycles. The van der Waals surface area contributed by atoms with Crippen LogP contribution in [0.1, 0.15) is 29.3 Å². The number of nitrogens with zero attached hydrogens (tertiary/aromatic N) is 5. The Morgan fingerprint density at radius 3 is 2.73 bits per heavy atom. The van der Waals surface area contributed by atoms with Crippen LogP contribution in [0.25, 0.3) is 0 Å². The highest BCUT2D eigenvalue weighted by molar-refractivity contribution is 5.76. The lowest BCUT2D eigenvalue weighted by atomic mass is 10.2. The normalized spacial score (nSPS) is 13.5. The Bertz CT molecular complexity index is 790. The van der Waals surface area contributed by atoms with Gasteiger partial charge in [-0.2, -0.15) is 0 Å². The molecule has 0 N–H and O–H groups in total. The van der Waals surface area contributed by atoms with Gasteiger partial charge in [0.15, 0.2) is 0 Å². The van der Waals surface area contributed by atoms with Crippen molar-refractivity contribution in [1.29, 1.82) is 0 Å². The van der Waals surface area contributed by atoms with Gasteiger partial charge in [-0.1, -0.05) is 0 Å². The molecule has 3 heterocycles. The van der Waals surface area contributed by atoms with Crippen molar-refractivity contribution < 1.29 is 4.79 Å². The van der Waals surface area contributed by atoms with Crippen molar-refractivity contribution in [3.63, 3.8) is 0 Å². The largest absolute Gasteiger partial charge is 0.335 e. The van der Waals surface area contributed by atoms with Gasteiger partial charge in [0, 0.05) is 32.4 Å². The molecule has 0 radical (unpaired) electrons. The third kappa shape index (κ3) is 2.43. The molecule has 7 nitrogen and oxygen atoms in total. The van der Waals surface area contributed by atoms with Crippen LogP contribution in [0.3, 0.4) is 0 Å². The summed E-state index contributed by atoms with van der Waals surface area (Å²) in [5, 5.41) is 0. The van der Waals surface area contributed by atoms with Gasteiger partial charge >= 0.3 is 0 Å². The molecule has 1 aliphatic heterocycles. The maximum absolute atomic E-state index is 12.4. The summed E-state index contributed by atoms with van der Waals surface area (Å²) in [6.07, 6.45) is 3.98. The molecule has 22 heavy (non-hydrogen) atoms. The molecule has 116 valence electrons. The van der Waals surface area contributed by atoms with Crippen LogP contribution in [0.4, 0.5) is 0 Å². The van der Waals surface area contributed by atoms with E-state index >= 15 is 0 Å². The van der Waals surface area contributed by atoms with Gasteiger partial charge < -0.3 is 9.47 Å². The third-order valence-corrected chi connectivity index (χ3v) is 4.23. The van der Waals surface area contributed by atoms with E-state index in [4.69, 9.17) is 0 Å². The Labute approximate surface area is 128 Å². The second kappa shape index (κ2) is 5.40. The summed E-state index contributed by atoms with van der Waals surface area (Å²) in [6.45, 7) is 5.09. The summed E-state index contributed by atoms with van der Waals surface area (Å²) in [5.41, 5.74) is 1.32. The number of aromatic nitrogens is 4. The maximum Gasteiger partial charge on any atom is 0.258 e. The highest BCUT2D eigenvalue weighted by Gasteiger charge is 2.27. The zero-order valence-corrected chi connectivity index (χ0v) is 13.0. The average Bonchev–Trinajstić information content (AvgIpc) is 3.09. The number of amides is 1. The number of hydrogen-bond acceptors (Lipinski definition) is 4. The van der Waals surface area contributed by atoms with E-state index in [1.165, 1.54) is 4.57 Å². The van der Waals surface area contributed by atoms with E-state index in [-0.39, 0.29) is 11.5 Å². The lowest BCUT2D eigenvalue weighted by Crippen LogP contribution is -2.28. The SMILES string of the molecule is Cc1nccn1CCC(=O)N1Cc2nc(C)n(C)c(=O)c2C1. The monoisotopic (exact) mass is 301 g/mol. The van der Waals surface area contributed by atoms with Gasteiger partial charge in [-0.25, -0.2) is 9.97 Å². The highest BCUT2D eigenvalue weighted by atomic mass is 16.2. The van der Waals surface area contributed by atoms with Crippen molar-refractivity contribution in [3.05, 3.63) is 45.7 Å². The van der Waals surface area contributed by atoms with E-state index in [9.17, 15) is 9.59 Å². The first kappa shape index (κ1) is 14.5. The molecule has 0 bridgehead atoms. The average molecular weight is 301 g/mol. The van der Waals surface area contributed by atoms with Gasteiger partial charge in [0.2, 0.25) is 5.91 Å². The minimum Gasteiger partial charge on any atom is -0.335 e. The molecular weight excluding hydrogens is 282 g/mol. The molecule has 7 heteroatoms. The number of carbonyl (C=O) groups is 1. The molecule has 1 aliphatic rings. The van der Waals surface area contributed by atoms with Crippen LogP contribution in [-0.2, 0) is 31.5 Å². The van der Waals surface area contributed by atoms with E-state index in [2.05, 4.69) is 9.97 Å². The van der Waals surface area contributed by atoms with Gasteiger partial charge in [0.25, 0.3) is 5.56 Å². The molecule has 0 unspecified atom stereocenters. The third-order valence-electron chi connectivity index (χ3n) is 4.23. The lowest BCUT2D eigenvalue weighted by molar-refractivity contribution is -0.132. The maximum atomic E-state index is 12.4. The first-order valence-electron chi connectivity index (χ1n) is 7.28. The molecule has 0 spiro atoms. The van der Waals surface area contributed by atoms with Crippen LogP contribution >= 0.6 is 0 Å². The van der Waals surface area contributed by atoms with Crippen LogP contribution in [0.2, 0.25) is 0 Å². The minimum absolute atomic E-state index is 0.0332. The van der Waals surface area contributed by atoms with Crippen LogP contribution in [0.15, 0.2) is 17.2 Å². The van der Waals surface area contributed by atoms with Crippen molar-refractivity contribution in [3.8, 4) is 0 Å². The van der Waals surface area contributed by atoms with E-state index in [0.29, 0.717) is 37.4 Å². The Kier molecular flexibility index (Phi) is 3.56. The van der Waals surface area contributed by atoms with Gasteiger partial charge in [-0.15, -0.1) is 0 Å². The fraction of sp³-hybridized carbons (Fsp3) is 0.467. The summed E-state index contributed by atoms with van der Waals surface area (Å²) < 4.78 is 3.48. The second-order valence-electron chi connectivity index (χ2n) is 5.62. The molecule has 0 aliphatic carbocycles. The molecule has 3 rings (SSSR count). The predicted molar refractivity (Wildman–Crippen MR) is 80.1 cm³/mol. The van der Waals surface area contributed by atoms with Crippen molar-refractivity contribution in [2.24, 2.45) is 7.05 Å². The molecule has 0 saturated heterocycles. The van der Waals surface area contributed by atoms with E-state index in [1.54, 1.807) is 25.1 Å². The van der Waals surface area contributed by atoms with Crippen LogP contribution in [0.5, 0.6) is 0 Å². The van der Waals surface area contributed by atoms with E-state index < -0.39 is 0 Å². The Morgan fingerprint density at radius 2 is 2.05 bits per heavy atom. The molecule has 0 atom stereocenters. The van der Waals surface area contributed by atoms with Crippen LogP contribution in [-0.4, -0.2) is 29.9 Å². The first-order valence-corrected chi connectivity index (χ1v) is 7.28. The number of aryl methyl sites for hydroxylation is 3. The van der Waals surface area contributed by atoms with Crippen molar-refractivity contribution >= 4 is 5.91 Å². The Balaban J connectivity index is 1.70. The molecule has 0 fully saturated rings. The number of fused-ring (bicyclic) bond motifs is 1. The standard InChI is InChI=1S/C15H19N5O2/c1-10-16-5-7-19(10)6-4-14(21)20-8-12-13(9-20)17-11(2)18(3)15(12)22/h5,7H,4,6,8-9H2,1-3H3. The smallest absolute Gasteiger partial charge is 0.258 e. The van der Waals surface area contributed by atoms with Gasteiger partial charge in [0.05, 0.1) is 24.3 Å². The van der Waals surface area contributed by atoms with Crippen molar-refractivity contribution in [2.45, 2.75) is 39.9 Å². The highest BCUT2D eigenvalue weighted by Crippen LogP contribution is 2.19. The first-order chi connectivity index (χ1) is 10.5. The van der Waals surface area contributed by atoms with Crippen LogP contribution in [0, 0.1) is 13.8 Å². The van der Waals surface area contributed by atoms with Crippen molar-refractivity contribution in [2.75, 3.05) is 0 Å². The Morgan fingerprint density at radius 1 is 1.27 bits per heavy atom. The molecule has 2 aromatic rings. The summed E-state index contributed by atoms with van der Waals surface area (Å²) >= 11 is 0. The number of carbonyl (C=O) groups excluding carboxylic acids is 1. The zero-order chi connectivity index (χ0) is 15.9. The van der Waals surface area contributed by atoms with E-state index in [0.717, 1.165) is 11.5 Å². The fourth-order valence-corrected chi connectivity index (χ4v) is 2.72. The molecule has 2 aromatic heterocycles. The quantitative estimate of drug-likeness (QED) is 0.829. The number of rotatable bonds is 3. The Hall–Kier alpha value is -2.44. The number of imidazole rings is 1. The van der Waals surface area contributed by atoms with Crippen molar-refractivity contribution in [1.82, 2.24) is 24.0 Å². The molecular formula is C15H19N5O2. The van der Waals surface area contributed by atoms with Gasteiger partial charge in [-0.3, -0.25) is 14.2 Å². The summed E-state index contributed by atoms with van der Waals surface area (Å²) in [4.78, 5) is 34.8. The zero-order valence-electron chi connectivity index (χ0n) is 13.0. The molecule has 0 saturated carbocycles. The summed E-state index contributed by atoms with van der Waals surface area (Å²) in [5.74, 6) is 1.60. The van der Waals surface area contributed by atoms with Gasteiger partial charge in [0.1, 0.15) is 11.6 Å². The van der Waals surface area contributed by atoms with E-state index in [1.807, 2.05) is 17.7 Å². The number of hydrogen-bond donors (Lipinski definition) is 0. The van der Waals surface area contributed by atoms with Gasteiger partial charge in [-0.05, 0) is 13.8 Å². The van der Waals surface area contributed by atoms with Crippen LogP contribution < -0.4 is 5.56 Å². The summed E-state index contributed by atoms with van der Waals surface area (Å²) in [6, 6.07) is 0.